The lowest BCUT2D eigenvalue weighted by Crippen LogP contribution is -2.34. The zero-order valence-electron chi connectivity index (χ0n) is 16.6. The lowest BCUT2D eigenvalue weighted by Gasteiger charge is -2.25. The van der Waals surface area contributed by atoms with Crippen LogP contribution in [0.1, 0.15) is 52.9 Å². The molecule has 2 atom stereocenters. The summed E-state index contributed by atoms with van der Waals surface area (Å²) in [4.78, 5) is 19.0. The van der Waals surface area contributed by atoms with E-state index in [4.69, 9.17) is 10.00 Å². The fourth-order valence-electron chi connectivity index (χ4n) is 5.44. The standard InChI is InChI=1S/C23H20F3N3O2/c24-23(25,26)20-10-17(4-3-13(20)11-27)31-18-8-14-6-16(7-15(14)9-18)29-12-21-19(22(29)30)2-1-5-28-21/h1-5,10,14-16,18H,6-9,12H2. The molecule has 0 saturated heterocycles. The molecule has 0 N–H and O–H groups in total. The van der Waals surface area contributed by atoms with Gasteiger partial charge in [0.15, 0.2) is 0 Å². The number of aromatic nitrogens is 1. The molecular weight excluding hydrogens is 407 g/mol. The summed E-state index contributed by atoms with van der Waals surface area (Å²) >= 11 is 0. The molecule has 1 aromatic heterocycles. The van der Waals surface area contributed by atoms with Crippen molar-refractivity contribution in [3.63, 3.8) is 0 Å². The first-order valence-corrected chi connectivity index (χ1v) is 10.4. The van der Waals surface area contributed by atoms with Crippen LogP contribution in [0.5, 0.6) is 5.75 Å². The van der Waals surface area contributed by atoms with Crippen LogP contribution in [0.3, 0.4) is 0 Å². The molecule has 2 fully saturated rings. The van der Waals surface area contributed by atoms with Gasteiger partial charge in [-0.05, 0) is 67.9 Å². The molecule has 8 heteroatoms. The first-order chi connectivity index (χ1) is 14.8. The fourth-order valence-corrected chi connectivity index (χ4v) is 5.44. The summed E-state index contributed by atoms with van der Waals surface area (Å²) in [5, 5.41) is 8.93. The van der Waals surface area contributed by atoms with Crippen LogP contribution in [0.2, 0.25) is 0 Å². The van der Waals surface area contributed by atoms with Crippen molar-refractivity contribution in [3.8, 4) is 11.8 Å². The van der Waals surface area contributed by atoms with Gasteiger partial charge in [-0.25, -0.2) is 0 Å². The van der Waals surface area contributed by atoms with Gasteiger partial charge in [0.2, 0.25) is 0 Å². The van der Waals surface area contributed by atoms with Crippen LogP contribution in [0.15, 0.2) is 36.5 Å². The Morgan fingerprint density at radius 2 is 1.87 bits per heavy atom. The number of carbonyl (C=O) groups excluding carboxylic acids is 1. The number of fused-ring (bicyclic) bond motifs is 2. The highest BCUT2D eigenvalue weighted by Gasteiger charge is 2.46. The Hall–Kier alpha value is -3.08. The number of nitriles is 1. The minimum atomic E-state index is -4.60. The third kappa shape index (κ3) is 3.52. The van der Waals surface area contributed by atoms with Gasteiger partial charge in [-0.2, -0.15) is 18.4 Å². The molecule has 2 aliphatic carbocycles. The van der Waals surface area contributed by atoms with Crippen LogP contribution in [0.4, 0.5) is 13.2 Å². The fraction of sp³-hybridized carbons (Fsp3) is 0.435. The average molecular weight is 427 g/mol. The summed E-state index contributed by atoms with van der Waals surface area (Å²) in [6.45, 7) is 0.546. The Kier molecular flexibility index (Phi) is 4.65. The molecule has 2 heterocycles. The molecule has 2 unspecified atom stereocenters. The van der Waals surface area contributed by atoms with E-state index < -0.39 is 17.3 Å². The zero-order chi connectivity index (χ0) is 21.8. The van der Waals surface area contributed by atoms with Gasteiger partial charge in [0.25, 0.3) is 5.91 Å². The van der Waals surface area contributed by atoms with E-state index in [-0.39, 0.29) is 23.8 Å². The molecule has 2 aromatic rings. The number of ether oxygens (including phenoxy) is 1. The topological polar surface area (TPSA) is 66.2 Å². The maximum absolute atomic E-state index is 13.2. The van der Waals surface area contributed by atoms with Crippen molar-refractivity contribution in [2.24, 2.45) is 11.8 Å². The third-order valence-electron chi connectivity index (χ3n) is 6.81. The van der Waals surface area contributed by atoms with Crippen LogP contribution in [0.25, 0.3) is 0 Å². The molecule has 5 rings (SSSR count). The van der Waals surface area contributed by atoms with Crippen molar-refractivity contribution in [1.29, 1.82) is 5.26 Å². The molecule has 0 bridgehead atoms. The van der Waals surface area contributed by atoms with E-state index in [0.717, 1.165) is 43.5 Å². The molecule has 31 heavy (non-hydrogen) atoms. The summed E-state index contributed by atoms with van der Waals surface area (Å²) in [6.07, 6.45) is 0.230. The normalized spacial score (nSPS) is 27.2. The van der Waals surface area contributed by atoms with Crippen LogP contribution in [0, 0.1) is 23.2 Å². The highest BCUT2D eigenvalue weighted by Crippen LogP contribution is 2.48. The van der Waals surface area contributed by atoms with E-state index in [9.17, 15) is 18.0 Å². The van der Waals surface area contributed by atoms with Gasteiger partial charge in [-0.3, -0.25) is 9.78 Å². The second-order valence-corrected chi connectivity index (χ2v) is 8.60. The molecule has 0 spiro atoms. The molecule has 2 saturated carbocycles. The highest BCUT2D eigenvalue weighted by molar-refractivity contribution is 5.97. The van der Waals surface area contributed by atoms with E-state index in [1.54, 1.807) is 18.3 Å². The molecule has 3 aliphatic rings. The van der Waals surface area contributed by atoms with Gasteiger partial charge < -0.3 is 9.64 Å². The summed E-state index contributed by atoms with van der Waals surface area (Å²) in [7, 11) is 0. The van der Waals surface area contributed by atoms with Gasteiger partial charge in [0, 0.05) is 12.2 Å². The lowest BCUT2D eigenvalue weighted by atomic mass is 10.0. The van der Waals surface area contributed by atoms with E-state index in [2.05, 4.69) is 4.98 Å². The van der Waals surface area contributed by atoms with Gasteiger partial charge in [-0.15, -0.1) is 0 Å². The number of benzene rings is 1. The van der Waals surface area contributed by atoms with Gasteiger partial charge in [0.1, 0.15) is 5.75 Å². The van der Waals surface area contributed by atoms with E-state index in [0.29, 0.717) is 23.9 Å². The largest absolute Gasteiger partial charge is 0.490 e. The number of pyridine rings is 1. The zero-order valence-corrected chi connectivity index (χ0v) is 16.6. The SMILES string of the molecule is N#Cc1ccc(OC2CC3CC(N4Cc5ncccc5C4=O)CC3C2)cc1C(F)(F)F. The Morgan fingerprint density at radius 1 is 1.13 bits per heavy atom. The van der Waals surface area contributed by atoms with Gasteiger partial charge in [-0.1, -0.05) is 0 Å². The number of carbonyl (C=O) groups is 1. The lowest BCUT2D eigenvalue weighted by molar-refractivity contribution is -0.137. The Labute approximate surface area is 177 Å². The van der Waals surface area contributed by atoms with E-state index >= 15 is 0 Å². The van der Waals surface area contributed by atoms with Crippen LogP contribution in [-0.2, 0) is 12.7 Å². The highest BCUT2D eigenvalue weighted by atomic mass is 19.4. The molecule has 5 nitrogen and oxygen atoms in total. The molecule has 160 valence electrons. The Morgan fingerprint density at radius 3 is 2.52 bits per heavy atom. The summed E-state index contributed by atoms with van der Waals surface area (Å²) in [6, 6.07) is 8.86. The average Bonchev–Trinajstić information content (AvgIpc) is 3.39. The minimum Gasteiger partial charge on any atom is -0.490 e. The Balaban J connectivity index is 1.23. The Bertz CT molecular complexity index is 1060. The van der Waals surface area contributed by atoms with Crippen LogP contribution < -0.4 is 4.74 Å². The number of halogens is 3. The summed E-state index contributed by atoms with van der Waals surface area (Å²) in [5.74, 6) is 0.960. The number of hydrogen-bond acceptors (Lipinski definition) is 4. The summed E-state index contributed by atoms with van der Waals surface area (Å²) < 4.78 is 45.5. The van der Waals surface area contributed by atoms with Crippen molar-refractivity contribution in [2.45, 2.75) is 50.6 Å². The van der Waals surface area contributed by atoms with Gasteiger partial charge in [0.05, 0.1) is 41.1 Å². The monoisotopic (exact) mass is 427 g/mol. The smallest absolute Gasteiger partial charge is 0.417 e. The van der Waals surface area contributed by atoms with E-state index in [1.807, 2.05) is 11.0 Å². The maximum atomic E-state index is 13.2. The van der Waals surface area contributed by atoms with Crippen molar-refractivity contribution in [2.75, 3.05) is 0 Å². The second-order valence-electron chi connectivity index (χ2n) is 8.60. The molecule has 1 amide bonds. The first-order valence-electron chi connectivity index (χ1n) is 10.4. The molecule has 0 radical (unpaired) electrons. The van der Waals surface area contributed by atoms with Crippen LogP contribution >= 0.6 is 0 Å². The first kappa shape index (κ1) is 19.9. The number of alkyl halides is 3. The predicted octanol–water partition coefficient (Wildman–Crippen LogP) is 4.56. The quantitative estimate of drug-likeness (QED) is 0.720. The number of hydrogen-bond donors (Lipinski definition) is 0. The number of rotatable bonds is 3. The third-order valence-corrected chi connectivity index (χ3v) is 6.81. The van der Waals surface area contributed by atoms with Crippen molar-refractivity contribution in [3.05, 3.63) is 58.9 Å². The minimum absolute atomic E-state index is 0.0399. The van der Waals surface area contributed by atoms with Crippen molar-refractivity contribution >= 4 is 5.91 Å². The predicted molar refractivity (Wildman–Crippen MR) is 104 cm³/mol. The molecule has 1 aromatic carbocycles. The number of nitrogens with zero attached hydrogens (tertiary/aromatic N) is 3. The maximum Gasteiger partial charge on any atom is 0.417 e. The molecular formula is C23H20F3N3O2. The second kappa shape index (κ2) is 7.26. The van der Waals surface area contributed by atoms with E-state index in [1.165, 1.54) is 6.07 Å². The van der Waals surface area contributed by atoms with Crippen LogP contribution in [-0.4, -0.2) is 27.9 Å². The van der Waals surface area contributed by atoms with Crippen molar-refractivity contribution in [1.82, 2.24) is 9.88 Å². The van der Waals surface area contributed by atoms with Crippen molar-refractivity contribution < 1.29 is 22.7 Å². The van der Waals surface area contributed by atoms with Gasteiger partial charge >= 0.3 is 6.18 Å². The molecule has 1 aliphatic heterocycles. The number of amides is 1. The summed E-state index contributed by atoms with van der Waals surface area (Å²) in [5.41, 5.74) is 0.136.